The Labute approximate surface area is 415 Å². The van der Waals surface area contributed by atoms with E-state index >= 15 is 0 Å². The smallest absolute Gasteiger partial charge is 0.457 e. The van der Waals surface area contributed by atoms with Crippen molar-refractivity contribution in [1.82, 2.24) is 18.7 Å². The van der Waals surface area contributed by atoms with Crippen LogP contribution in [0.4, 0.5) is 31.5 Å². The van der Waals surface area contributed by atoms with Crippen LogP contribution in [0.15, 0.2) is 164 Å². The molecule has 7 aromatic carbocycles. The summed E-state index contributed by atoms with van der Waals surface area (Å²) in [5.74, 6) is 2.02. The average Bonchev–Trinajstić information content (AvgIpc) is 3.95. The number of hydrogen-bond donors (Lipinski definition) is 0. The molecule has 0 saturated heterocycles. The zero-order valence-corrected chi connectivity index (χ0v) is 40.8. The van der Waals surface area contributed by atoms with Crippen molar-refractivity contribution in [3.63, 3.8) is 0 Å². The van der Waals surface area contributed by atoms with Crippen molar-refractivity contribution in [1.29, 1.82) is 0 Å². The van der Waals surface area contributed by atoms with E-state index in [9.17, 15) is 8.78 Å². The summed E-state index contributed by atoms with van der Waals surface area (Å²) < 4.78 is 43.2. The van der Waals surface area contributed by atoms with Crippen LogP contribution in [-0.2, 0) is 5.41 Å². The number of pyridine rings is 1. The molecule has 7 heteroatoms. The predicted molar refractivity (Wildman–Crippen MR) is 287 cm³/mol. The highest BCUT2D eigenvalue weighted by Gasteiger charge is 2.38. The summed E-state index contributed by atoms with van der Waals surface area (Å²) in [5, 5.41) is 2.28. The fourth-order valence-electron chi connectivity index (χ4n) is 11.8. The standard InChI is InChI=1S/C64H58F2N4O/c1-64(2,3)46-31-32-67-62(37-46)70-58-26-13-11-22-55(58)56-30-29-50(40-61(56)70)71-51-36-45(63-53(42-17-6-4-7-18-42)23-16-24-54(63)43-19-8-5-9-20-43)35-49(39-51)68-41-69(60-28-15-14-27-59(60)68)57-25-12-10-21-52(57)44-33-47(65)38-48(66)34-44/h10-16,21-40,42-43H,4-9,17-20H2,1-3H3/q+2. The SMILES string of the molecule is CC(C)(C)c1ccnc(-n2c3ccccc3c3ccc(Oc4cc(-c5c(C6CCCCC6)cccc5C5CCCCC5)cc([N+]5=C=[N+](c6ccccc6-c6cc(F)cc(F)c6)c6ccccc65)c4)cc32)c1. The Morgan fingerprint density at radius 1 is 0.549 bits per heavy atom. The topological polar surface area (TPSA) is 33.1 Å². The monoisotopic (exact) mass is 936 g/mol. The molecule has 3 aliphatic rings. The first kappa shape index (κ1) is 44.7. The number of nitrogens with zero attached hydrogens (tertiary/aromatic N) is 4. The summed E-state index contributed by atoms with van der Waals surface area (Å²) in [5.41, 5.74) is 13.3. The Hall–Kier alpha value is -7.47. The summed E-state index contributed by atoms with van der Waals surface area (Å²) in [6.07, 6.45) is 14.2. The Morgan fingerprint density at radius 3 is 1.89 bits per heavy atom. The summed E-state index contributed by atoms with van der Waals surface area (Å²) >= 11 is 0. The molecule has 0 unspecified atom stereocenters. The Kier molecular flexibility index (Phi) is 11.6. The summed E-state index contributed by atoms with van der Waals surface area (Å²) in [6.45, 7) is 6.71. The number of rotatable bonds is 9. The van der Waals surface area contributed by atoms with E-state index in [1.54, 1.807) is 0 Å². The second kappa shape index (κ2) is 18.4. The molecule has 0 N–H and O–H groups in total. The Bertz CT molecular complexity index is 3540. The van der Waals surface area contributed by atoms with Gasteiger partial charge in [0.1, 0.15) is 29.0 Å². The van der Waals surface area contributed by atoms with Gasteiger partial charge in [0.15, 0.2) is 0 Å². The van der Waals surface area contributed by atoms with E-state index in [0.717, 1.165) is 67.8 Å². The van der Waals surface area contributed by atoms with E-state index in [-0.39, 0.29) is 5.41 Å². The minimum atomic E-state index is -0.622. The lowest BCUT2D eigenvalue weighted by atomic mass is 9.75. The molecule has 352 valence electrons. The van der Waals surface area contributed by atoms with Crippen molar-refractivity contribution in [2.45, 2.75) is 102 Å². The molecule has 0 amide bonds. The van der Waals surface area contributed by atoms with E-state index in [4.69, 9.17) is 9.72 Å². The molecule has 2 fully saturated rings. The van der Waals surface area contributed by atoms with Gasteiger partial charge in [-0.1, -0.05) is 120 Å². The van der Waals surface area contributed by atoms with E-state index in [1.807, 2.05) is 47.2 Å². The van der Waals surface area contributed by atoms with Crippen LogP contribution >= 0.6 is 0 Å². The van der Waals surface area contributed by atoms with Gasteiger partial charge in [0.05, 0.1) is 22.7 Å². The lowest BCUT2D eigenvalue weighted by Gasteiger charge is -2.30. The summed E-state index contributed by atoms with van der Waals surface area (Å²) in [7, 11) is 0. The van der Waals surface area contributed by atoms with Crippen molar-refractivity contribution in [3.8, 4) is 39.6 Å². The number of fused-ring (bicyclic) bond motifs is 4. The van der Waals surface area contributed by atoms with Gasteiger partial charge in [-0.25, -0.2) is 13.8 Å². The van der Waals surface area contributed by atoms with E-state index in [2.05, 4.69) is 139 Å². The minimum Gasteiger partial charge on any atom is -0.457 e. The molecule has 3 heterocycles. The third-order valence-electron chi connectivity index (χ3n) is 15.3. The number of para-hydroxylation sites is 4. The molecule has 2 aromatic heterocycles. The second-order valence-electron chi connectivity index (χ2n) is 20.9. The van der Waals surface area contributed by atoms with Crippen LogP contribution in [0.1, 0.15) is 114 Å². The van der Waals surface area contributed by atoms with E-state index in [1.165, 1.54) is 98.6 Å². The summed E-state index contributed by atoms with van der Waals surface area (Å²) in [6, 6.07) is 56.6. The third kappa shape index (κ3) is 8.46. The predicted octanol–water partition coefficient (Wildman–Crippen LogP) is 17.8. The van der Waals surface area contributed by atoms with Gasteiger partial charge in [0.25, 0.3) is 11.4 Å². The number of halogens is 2. The molecule has 2 aliphatic carbocycles. The molecule has 0 spiro atoms. The van der Waals surface area contributed by atoms with Crippen LogP contribution < -0.4 is 13.9 Å². The van der Waals surface area contributed by atoms with Crippen molar-refractivity contribution in [2.24, 2.45) is 0 Å². The van der Waals surface area contributed by atoms with Gasteiger partial charge in [-0.2, -0.15) is 0 Å². The first-order valence-corrected chi connectivity index (χ1v) is 25.6. The Balaban J connectivity index is 1.07. The van der Waals surface area contributed by atoms with Crippen LogP contribution in [0.3, 0.4) is 0 Å². The third-order valence-corrected chi connectivity index (χ3v) is 15.3. The number of ether oxygens (including phenoxy) is 1. The van der Waals surface area contributed by atoms with Gasteiger partial charge in [0, 0.05) is 53.4 Å². The molecule has 0 radical (unpaired) electrons. The molecule has 5 nitrogen and oxygen atoms in total. The highest BCUT2D eigenvalue weighted by molar-refractivity contribution is 6.09. The molecule has 71 heavy (non-hydrogen) atoms. The van der Waals surface area contributed by atoms with Crippen LogP contribution in [0.2, 0.25) is 0 Å². The molecule has 12 rings (SSSR count). The largest absolute Gasteiger partial charge is 0.503 e. The number of aromatic nitrogens is 2. The molecule has 2 saturated carbocycles. The first-order chi connectivity index (χ1) is 34.6. The Morgan fingerprint density at radius 2 is 1.18 bits per heavy atom. The van der Waals surface area contributed by atoms with Gasteiger partial charge in [-0.05, 0) is 140 Å². The average molecular weight is 937 g/mol. The summed E-state index contributed by atoms with van der Waals surface area (Å²) in [4.78, 5) is 4.95. The van der Waals surface area contributed by atoms with E-state index < -0.39 is 11.6 Å². The number of benzene rings is 7. The normalized spacial score (nSPS) is 15.5. The molecule has 9 aromatic rings. The lowest BCUT2D eigenvalue weighted by Crippen LogP contribution is -2.12. The van der Waals surface area contributed by atoms with Gasteiger partial charge in [0.2, 0.25) is 11.4 Å². The molecule has 0 atom stereocenters. The van der Waals surface area contributed by atoms with Gasteiger partial charge in [-0.3, -0.25) is 4.57 Å². The molecular weight excluding hydrogens is 879 g/mol. The highest BCUT2D eigenvalue weighted by Crippen LogP contribution is 2.48. The van der Waals surface area contributed by atoms with Crippen LogP contribution in [0.25, 0.3) is 49.9 Å². The van der Waals surface area contributed by atoms with Crippen LogP contribution in [-0.4, -0.2) is 15.6 Å². The first-order valence-electron chi connectivity index (χ1n) is 25.6. The maximum absolute atomic E-state index is 14.8. The van der Waals surface area contributed by atoms with Gasteiger partial charge < -0.3 is 4.74 Å². The molecular formula is C64H58F2N4O+2. The van der Waals surface area contributed by atoms with Crippen LogP contribution in [0.5, 0.6) is 11.5 Å². The maximum Gasteiger partial charge on any atom is 0.503 e. The maximum atomic E-state index is 14.8. The van der Waals surface area contributed by atoms with Gasteiger partial charge >= 0.3 is 6.01 Å². The van der Waals surface area contributed by atoms with Crippen molar-refractivity contribution in [3.05, 3.63) is 192 Å². The van der Waals surface area contributed by atoms with Crippen LogP contribution in [0, 0.1) is 11.6 Å². The lowest BCUT2D eigenvalue weighted by molar-refractivity contribution is 0.436. The molecule has 0 bridgehead atoms. The fourth-order valence-corrected chi connectivity index (χ4v) is 11.8. The fraction of sp³-hybridized carbons (Fsp3) is 0.250. The van der Waals surface area contributed by atoms with Gasteiger partial charge in [-0.15, -0.1) is 0 Å². The highest BCUT2D eigenvalue weighted by atomic mass is 19.1. The van der Waals surface area contributed by atoms with E-state index in [0.29, 0.717) is 28.7 Å². The van der Waals surface area contributed by atoms with Crippen molar-refractivity contribution in [2.75, 3.05) is 0 Å². The molecule has 1 aliphatic heterocycles. The zero-order valence-electron chi connectivity index (χ0n) is 40.8. The number of hydrogen-bond acceptors (Lipinski definition) is 2. The minimum absolute atomic E-state index is 0.0499. The van der Waals surface area contributed by atoms with Crippen molar-refractivity contribution >= 4 is 50.6 Å². The second-order valence-corrected chi connectivity index (χ2v) is 20.9. The zero-order chi connectivity index (χ0) is 48.2. The van der Waals surface area contributed by atoms with Crippen molar-refractivity contribution < 1.29 is 13.5 Å². The quantitative estimate of drug-likeness (QED) is 0.135.